The lowest BCUT2D eigenvalue weighted by Crippen LogP contribution is -1.98. The number of aromatic nitrogens is 4. The van der Waals surface area contributed by atoms with E-state index in [1.54, 1.807) is 18.1 Å². The molecule has 6 heteroatoms. The molecule has 2 rings (SSSR count). The van der Waals surface area contributed by atoms with E-state index in [1.807, 2.05) is 0 Å². The number of aromatic amines is 1. The van der Waals surface area contributed by atoms with Crippen molar-refractivity contribution in [3.8, 4) is 0 Å². The van der Waals surface area contributed by atoms with Crippen LogP contribution in [0.5, 0.6) is 0 Å². The number of thioether (sulfide) groups is 1. The number of nitrogens with two attached hydrogens (primary N) is 1. The lowest BCUT2D eigenvalue weighted by Gasteiger charge is -2.03. The highest BCUT2D eigenvalue weighted by Gasteiger charge is 2.08. The van der Waals surface area contributed by atoms with Gasteiger partial charge in [-0.3, -0.25) is 0 Å². The van der Waals surface area contributed by atoms with Crippen LogP contribution < -0.4 is 5.73 Å². The number of nitrogens with one attached hydrogen (secondary N) is 1. The average Bonchev–Trinajstić information content (AvgIpc) is 2.50. The fourth-order valence-electron chi connectivity index (χ4n) is 1.10. The summed E-state index contributed by atoms with van der Waals surface area (Å²) < 4.78 is 0. The van der Waals surface area contributed by atoms with E-state index < -0.39 is 0 Å². The van der Waals surface area contributed by atoms with Crippen molar-refractivity contribution in [1.82, 2.24) is 19.9 Å². The van der Waals surface area contributed by atoms with Gasteiger partial charge in [-0.05, 0) is 0 Å². The maximum absolute atomic E-state index is 5.74. The first kappa shape index (κ1) is 11.8. The van der Waals surface area contributed by atoms with Crippen LogP contribution in [0.15, 0.2) is 11.5 Å². The summed E-state index contributed by atoms with van der Waals surface area (Å²) in [4.78, 5) is 15.4. The van der Waals surface area contributed by atoms with Gasteiger partial charge in [0.15, 0.2) is 16.6 Å². The van der Waals surface area contributed by atoms with E-state index in [0.717, 1.165) is 0 Å². The zero-order valence-corrected chi connectivity index (χ0v) is 8.80. The van der Waals surface area contributed by atoms with E-state index in [4.69, 9.17) is 5.73 Å². The Bertz CT molecular complexity index is 451. The van der Waals surface area contributed by atoms with Crippen LogP contribution in [-0.4, -0.2) is 25.2 Å². The molecule has 3 N–H and O–H groups in total. The van der Waals surface area contributed by atoms with Crippen LogP contribution in [0.1, 0.15) is 21.3 Å². The van der Waals surface area contributed by atoms with E-state index >= 15 is 0 Å². The zero-order valence-electron chi connectivity index (χ0n) is 7.98. The molecule has 0 amide bonds. The van der Waals surface area contributed by atoms with Gasteiger partial charge in [0.2, 0.25) is 0 Å². The molecule has 15 heavy (non-hydrogen) atoms. The Hall–Kier alpha value is -1.30. The maximum Gasteiger partial charge on any atom is 0.191 e. The van der Waals surface area contributed by atoms with Crippen LogP contribution in [-0.2, 0) is 0 Å². The number of imidazole rings is 1. The Morgan fingerprint density at radius 2 is 2.13 bits per heavy atom. The molecule has 0 bridgehead atoms. The van der Waals surface area contributed by atoms with Crippen LogP contribution in [0, 0.1) is 0 Å². The second-order valence-electron chi connectivity index (χ2n) is 3.16. The van der Waals surface area contributed by atoms with Crippen molar-refractivity contribution < 1.29 is 0 Å². The standard InChI is InChI=1S/C8H11N5S.CH4/c1-4(2)14-8-12-6(9)5-7(13-8)11-3-10-5;/h3-4H,1-2H3,(H3,9,10,11,12,13);1H4. The molecule has 0 unspecified atom stereocenters. The van der Waals surface area contributed by atoms with E-state index in [2.05, 4.69) is 33.8 Å². The van der Waals surface area contributed by atoms with Crippen molar-refractivity contribution in [2.75, 3.05) is 5.73 Å². The second-order valence-corrected chi connectivity index (χ2v) is 4.70. The fourth-order valence-corrected chi connectivity index (χ4v) is 1.81. The van der Waals surface area contributed by atoms with Crippen molar-refractivity contribution in [1.29, 1.82) is 0 Å². The molecule has 0 aromatic carbocycles. The number of fused-ring (bicyclic) bond motifs is 1. The largest absolute Gasteiger partial charge is 0.382 e. The van der Waals surface area contributed by atoms with Crippen LogP contribution in [0.3, 0.4) is 0 Å². The summed E-state index contributed by atoms with van der Waals surface area (Å²) in [5, 5.41) is 1.11. The zero-order chi connectivity index (χ0) is 10.1. The van der Waals surface area contributed by atoms with Gasteiger partial charge in [0.25, 0.3) is 0 Å². The monoisotopic (exact) mass is 225 g/mol. The third-order valence-electron chi connectivity index (χ3n) is 1.63. The van der Waals surface area contributed by atoms with Gasteiger partial charge in [-0.1, -0.05) is 33.0 Å². The molecule has 0 spiro atoms. The second kappa shape index (κ2) is 4.48. The topological polar surface area (TPSA) is 80.5 Å². The van der Waals surface area contributed by atoms with Crippen LogP contribution in [0.2, 0.25) is 0 Å². The quantitative estimate of drug-likeness (QED) is 0.604. The molecule has 2 heterocycles. The van der Waals surface area contributed by atoms with Gasteiger partial charge in [0, 0.05) is 5.25 Å². The number of hydrogen-bond acceptors (Lipinski definition) is 5. The number of nitrogen functional groups attached to an aromatic ring is 1. The van der Waals surface area contributed by atoms with Crippen LogP contribution in [0.4, 0.5) is 5.82 Å². The van der Waals surface area contributed by atoms with Gasteiger partial charge in [-0.2, -0.15) is 0 Å². The summed E-state index contributed by atoms with van der Waals surface area (Å²) in [7, 11) is 0. The van der Waals surface area contributed by atoms with Gasteiger partial charge >= 0.3 is 0 Å². The number of hydrogen-bond donors (Lipinski definition) is 2. The number of anilines is 1. The SMILES string of the molecule is C.CC(C)Sc1nc(N)c2[nH]cnc2n1. The van der Waals surface area contributed by atoms with Gasteiger partial charge in [-0.15, -0.1) is 0 Å². The molecule has 5 nitrogen and oxygen atoms in total. The first-order valence-electron chi connectivity index (χ1n) is 4.30. The highest BCUT2D eigenvalue weighted by atomic mass is 32.2. The van der Waals surface area contributed by atoms with Crippen LogP contribution in [0.25, 0.3) is 11.2 Å². The Morgan fingerprint density at radius 1 is 1.40 bits per heavy atom. The first-order valence-corrected chi connectivity index (χ1v) is 5.18. The molecule has 0 saturated carbocycles. The van der Waals surface area contributed by atoms with Crippen molar-refractivity contribution in [3.63, 3.8) is 0 Å². The molecule has 0 atom stereocenters. The number of H-pyrrole nitrogens is 1. The van der Waals surface area contributed by atoms with Crippen LogP contribution >= 0.6 is 11.8 Å². The van der Waals surface area contributed by atoms with E-state index in [1.165, 1.54) is 0 Å². The summed E-state index contributed by atoms with van der Waals surface area (Å²) in [6.45, 7) is 4.16. The smallest absolute Gasteiger partial charge is 0.191 e. The Labute approximate surface area is 92.9 Å². The minimum absolute atomic E-state index is 0. The lowest BCUT2D eigenvalue weighted by atomic mass is 10.5. The summed E-state index contributed by atoms with van der Waals surface area (Å²) in [5.41, 5.74) is 7.07. The van der Waals surface area contributed by atoms with Gasteiger partial charge in [-0.25, -0.2) is 15.0 Å². The lowest BCUT2D eigenvalue weighted by molar-refractivity contribution is 0.983. The number of nitrogens with zero attached hydrogens (tertiary/aromatic N) is 3. The minimum atomic E-state index is 0. The summed E-state index contributed by atoms with van der Waals surface area (Å²) >= 11 is 1.57. The molecule has 0 aliphatic carbocycles. The van der Waals surface area contributed by atoms with Gasteiger partial charge < -0.3 is 10.7 Å². The van der Waals surface area contributed by atoms with E-state index in [0.29, 0.717) is 27.4 Å². The molecule has 82 valence electrons. The molecule has 2 aromatic rings. The predicted octanol–water partition coefficient (Wildman–Crippen LogP) is 2.07. The van der Waals surface area contributed by atoms with E-state index in [9.17, 15) is 0 Å². The average molecular weight is 225 g/mol. The summed E-state index contributed by atoms with van der Waals surface area (Å²) in [6, 6.07) is 0. The van der Waals surface area contributed by atoms with Gasteiger partial charge in [0.1, 0.15) is 5.52 Å². The third kappa shape index (κ3) is 2.38. The Balaban J connectivity index is 0.00000112. The molecule has 0 aliphatic heterocycles. The highest BCUT2D eigenvalue weighted by Crippen LogP contribution is 2.22. The molecule has 0 saturated heterocycles. The summed E-state index contributed by atoms with van der Waals surface area (Å²) in [5.74, 6) is 0.454. The normalized spacial score (nSPS) is 10.6. The van der Waals surface area contributed by atoms with Crippen molar-refractivity contribution in [2.24, 2.45) is 0 Å². The molecule has 2 aromatic heterocycles. The molecular weight excluding hydrogens is 210 g/mol. The Kier molecular flexibility index (Phi) is 3.52. The predicted molar refractivity (Wildman–Crippen MR) is 63.8 cm³/mol. The molecule has 0 aliphatic rings. The molecular formula is C9H15N5S. The first-order chi connectivity index (χ1) is 6.66. The van der Waals surface area contributed by atoms with Crippen molar-refractivity contribution in [3.05, 3.63) is 6.33 Å². The third-order valence-corrected chi connectivity index (χ3v) is 2.50. The molecule has 0 radical (unpaired) electrons. The fraction of sp³-hybridized carbons (Fsp3) is 0.444. The Morgan fingerprint density at radius 3 is 2.80 bits per heavy atom. The van der Waals surface area contributed by atoms with Crippen molar-refractivity contribution >= 4 is 28.7 Å². The summed E-state index contributed by atoms with van der Waals surface area (Å²) in [6.07, 6.45) is 1.57. The van der Waals surface area contributed by atoms with Gasteiger partial charge in [0.05, 0.1) is 6.33 Å². The maximum atomic E-state index is 5.74. The van der Waals surface area contributed by atoms with E-state index in [-0.39, 0.29) is 7.43 Å². The van der Waals surface area contributed by atoms with Crippen molar-refractivity contribution in [2.45, 2.75) is 31.7 Å². The minimum Gasteiger partial charge on any atom is -0.382 e. The highest BCUT2D eigenvalue weighted by molar-refractivity contribution is 7.99. The number of rotatable bonds is 2. The molecule has 0 fully saturated rings.